The Morgan fingerprint density at radius 2 is 2.08 bits per heavy atom. The minimum absolute atomic E-state index is 0.0153. The van der Waals surface area contributed by atoms with Gasteiger partial charge in [-0.25, -0.2) is 25.9 Å². The molecule has 0 bridgehead atoms. The molecule has 2 N–H and O–H groups in total. The molecule has 2 atom stereocenters. The van der Waals surface area contributed by atoms with E-state index in [1.807, 2.05) is 0 Å². The van der Waals surface area contributed by atoms with E-state index in [4.69, 9.17) is 9.84 Å². The fourth-order valence-electron chi connectivity index (χ4n) is 2.45. The van der Waals surface area contributed by atoms with Crippen LogP contribution in [0.4, 0.5) is 5.69 Å². The van der Waals surface area contributed by atoms with Crippen molar-refractivity contribution in [2.45, 2.75) is 24.8 Å². The van der Waals surface area contributed by atoms with Crippen LogP contribution >= 0.6 is 0 Å². The molecule has 9 nitrogen and oxygen atoms in total. The number of aliphatic hydroxyl groups excluding tert-OH is 1. The van der Waals surface area contributed by atoms with Gasteiger partial charge in [0.1, 0.15) is 10.6 Å². The Bertz CT molecular complexity index is 880. The largest absolute Gasteiger partial charge is 0.495 e. The lowest BCUT2D eigenvalue weighted by atomic mass is 10.2. The highest BCUT2D eigenvalue weighted by Crippen LogP contribution is 2.33. The number of ether oxygens (including phenoxy) is 1. The topological polar surface area (TPSA) is 130 Å². The molecule has 1 amide bonds. The molecule has 1 aromatic carbocycles. The van der Waals surface area contributed by atoms with Crippen LogP contribution in [-0.2, 0) is 24.8 Å². The molecule has 1 aromatic rings. The van der Waals surface area contributed by atoms with Gasteiger partial charge >= 0.3 is 0 Å². The molecule has 0 aromatic heterocycles. The molecule has 1 aliphatic heterocycles. The van der Waals surface area contributed by atoms with Crippen molar-refractivity contribution in [2.24, 2.45) is 5.92 Å². The van der Waals surface area contributed by atoms with Crippen molar-refractivity contribution in [3.05, 3.63) is 18.2 Å². The third kappa shape index (κ3) is 3.78. The van der Waals surface area contributed by atoms with Crippen LogP contribution in [0.5, 0.6) is 5.75 Å². The monoisotopic (exact) mass is 392 g/mol. The van der Waals surface area contributed by atoms with Crippen molar-refractivity contribution in [2.75, 3.05) is 23.8 Å². The number of hydrogen-bond donors (Lipinski definition) is 2. The van der Waals surface area contributed by atoms with E-state index < -0.39 is 44.5 Å². The van der Waals surface area contributed by atoms with E-state index in [0.29, 0.717) is 4.31 Å². The minimum atomic E-state index is -4.10. The first-order chi connectivity index (χ1) is 11.5. The summed E-state index contributed by atoms with van der Waals surface area (Å²) in [5, 5.41) is 9.04. The zero-order valence-corrected chi connectivity index (χ0v) is 15.6. The zero-order valence-electron chi connectivity index (χ0n) is 14.0. The summed E-state index contributed by atoms with van der Waals surface area (Å²) in [7, 11) is -6.70. The van der Waals surface area contributed by atoms with Crippen molar-refractivity contribution in [1.82, 2.24) is 4.72 Å². The SMILES string of the molecule is COc1ccc(N2C(=O)C(C)CS2(=O)=O)cc1S(=O)(=O)N[C@@H](C)CO. The number of methoxy groups -OCH3 is 1. The smallest absolute Gasteiger partial charge is 0.244 e. The van der Waals surface area contributed by atoms with Gasteiger partial charge in [0.05, 0.1) is 31.1 Å². The van der Waals surface area contributed by atoms with Gasteiger partial charge in [-0.1, -0.05) is 6.92 Å². The zero-order chi connectivity index (χ0) is 19.0. The summed E-state index contributed by atoms with van der Waals surface area (Å²) in [6.07, 6.45) is 0. The van der Waals surface area contributed by atoms with E-state index >= 15 is 0 Å². The second-order valence-electron chi connectivity index (χ2n) is 5.82. The number of aliphatic hydroxyl groups is 1. The van der Waals surface area contributed by atoms with Crippen LogP contribution in [0, 0.1) is 5.92 Å². The molecule has 1 aliphatic rings. The van der Waals surface area contributed by atoms with Gasteiger partial charge in [-0.2, -0.15) is 0 Å². The molecule has 1 saturated heterocycles. The Hall–Kier alpha value is -1.69. The van der Waals surface area contributed by atoms with Crippen LogP contribution < -0.4 is 13.8 Å². The molecule has 1 fully saturated rings. The fraction of sp³-hybridized carbons (Fsp3) is 0.500. The van der Waals surface area contributed by atoms with Gasteiger partial charge in [0.25, 0.3) is 0 Å². The molecule has 140 valence electrons. The summed E-state index contributed by atoms with van der Waals surface area (Å²) in [5.74, 6) is -1.68. The van der Waals surface area contributed by atoms with Gasteiger partial charge < -0.3 is 9.84 Å². The fourth-order valence-corrected chi connectivity index (χ4v) is 5.69. The third-order valence-electron chi connectivity index (χ3n) is 3.66. The van der Waals surface area contributed by atoms with Crippen molar-refractivity contribution >= 4 is 31.6 Å². The van der Waals surface area contributed by atoms with E-state index in [9.17, 15) is 21.6 Å². The molecule has 25 heavy (non-hydrogen) atoms. The highest BCUT2D eigenvalue weighted by molar-refractivity contribution is 7.94. The average Bonchev–Trinajstić information content (AvgIpc) is 2.73. The van der Waals surface area contributed by atoms with Gasteiger partial charge in [0.2, 0.25) is 26.0 Å². The van der Waals surface area contributed by atoms with E-state index in [-0.39, 0.29) is 22.1 Å². The van der Waals surface area contributed by atoms with Gasteiger partial charge in [0.15, 0.2) is 0 Å². The number of sulfonamides is 2. The lowest BCUT2D eigenvalue weighted by molar-refractivity contribution is -0.119. The van der Waals surface area contributed by atoms with E-state index in [1.54, 1.807) is 0 Å². The van der Waals surface area contributed by atoms with Crippen LogP contribution in [0.1, 0.15) is 13.8 Å². The van der Waals surface area contributed by atoms with Crippen molar-refractivity contribution in [3.8, 4) is 5.75 Å². The molecule has 0 saturated carbocycles. The highest BCUT2D eigenvalue weighted by atomic mass is 32.2. The van der Waals surface area contributed by atoms with Crippen LogP contribution in [0.2, 0.25) is 0 Å². The van der Waals surface area contributed by atoms with Crippen LogP contribution in [0.15, 0.2) is 23.1 Å². The average molecular weight is 392 g/mol. The summed E-state index contributed by atoms with van der Waals surface area (Å²) in [4.78, 5) is 11.9. The molecule has 2 rings (SSSR count). The van der Waals surface area contributed by atoms with Crippen molar-refractivity contribution in [3.63, 3.8) is 0 Å². The molecular formula is C14H20N2O7S2. The van der Waals surface area contributed by atoms with Gasteiger partial charge in [0, 0.05) is 6.04 Å². The normalized spacial score (nSPS) is 21.4. The van der Waals surface area contributed by atoms with Gasteiger partial charge in [-0.3, -0.25) is 4.79 Å². The van der Waals surface area contributed by atoms with Gasteiger partial charge in [-0.15, -0.1) is 0 Å². The van der Waals surface area contributed by atoms with Crippen molar-refractivity contribution in [1.29, 1.82) is 0 Å². The number of nitrogens with one attached hydrogen (secondary N) is 1. The Morgan fingerprint density at radius 3 is 2.56 bits per heavy atom. The molecule has 1 unspecified atom stereocenters. The summed E-state index contributed by atoms with van der Waals surface area (Å²) in [6, 6.07) is 2.90. The van der Waals surface area contributed by atoms with Crippen molar-refractivity contribution < 1.29 is 31.5 Å². The predicted octanol–water partition coefficient (Wildman–Crippen LogP) is -0.333. The Morgan fingerprint density at radius 1 is 1.44 bits per heavy atom. The summed E-state index contributed by atoms with van der Waals surface area (Å²) < 4.78 is 57.3. The Kier molecular flexibility index (Phi) is 5.42. The van der Waals surface area contributed by atoms with Crippen LogP contribution in [0.3, 0.4) is 0 Å². The Labute approximate surface area is 146 Å². The molecule has 1 heterocycles. The second-order valence-corrected chi connectivity index (χ2v) is 9.37. The van der Waals surface area contributed by atoms with Crippen LogP contribution in [0.25, 0.3) is 0 Å². The third-order valence-corrected chi connectivity index (χ3v) is 7.14. The maximum atomic E-state index is 12.5. The standard InChI is InChI=1S/C14H20N2O7S2/c1-9-8-24(19,20)16(14(9)18)11-4-5-12(23-3)13(6-11)25(21,22)15-10(2)7-17/h4-6,9-10,15,17H,7-8H2,1-3H3/t9?,10-/m0/s1. The number of carbonyl (C=O) groups is 1. The highest BCUT2D eigenvalue weighted by Gasteiger charge is 2.42. The predicted molar refractivity (Wildman–Crippen MR) is 90.3 cm³/mol. The first-order valence-electron chi connectivity index (χ1n) is 7.41. The molecule has 0 aliphatic carbocycles. The summed E-state index contributed by atoms with van der Waals surface area (Å²) in [5.41, 5.74) is -0.0767. The van der Waals surface area contributed by atoms with E-state index in [1.165, 1.54) is 33.1 Å². The maximum absolute atomic E-state index is 12.5. The maximum Gasteiger partial charge on any atom is 0.244 e. The Balaban J connectivity index is 2.57. The number of carbonyl (C=O) groups excluding carboxylic acids is 1. The quantitative estimate of drug-likeness (QED) is 0.678. The number of rotatable bonds is 6. The first-order valence-corrected chi connectivity index (χ1v) is 10.5. The number of amides is 1. The van der Waals surface area contributed by atoms with Crippen LogP contribution in [-0.4, -0.2) is 53.4 Å². The molecule has 11 heteroatoms. The summed E-state index contributed by atoms with van der Waals surface area (Å²) >= 11 is 0. The first kappa shape index (κ1) is 19.6. The van der Waals surface area contributed by atoms with E-state index in [0.717, 1.165) is 6.07 Å². The molecular weight excluding hydrogens is 372 g/mol. The minimum Gasteiger partial charge on any atom is -0.495 e. The number of anilines is 1. The second kappa shape index (κ2) is 6.90. The lowest BCUT2D eigenvalue weighted by Crippen LogP contribution is -2.35. The number of benzene rings is 1. The van der Waals surface area contributed by atoms with Gasteiger partial charge in [-0.05, 0) is 25.1 Å². The number of hydrogen-bond acceptors (Lipinski definition) is 7. The molecule has 0 spiro atoms. The molecule has 0 radical (unpaired) electrons. The number of nitrogens with zero attached hydrogens (tertiary/aromatic N) is 1. The lowest BCUT2D eigenvalue weighted by Gasteiger charge is -2.19. The summed E-state index contributed by atoms with van der Waals surface area (Å²) in [6.45, 7) is 2.54. The van der Waals surface area contributed by atoms with E-state index in [2.05, 4.69) is 4.72 Å².